The number of carbonyl (C=O) groups excluding carboxylic acids is 2. The Balaban J connectivity index is 3.53. The number of amides is 1. The minimum Gasteiger partial charge on any atom is -0.293 e. The second-order valence-corrected chi connectivity index (χ2v) is 14.2. The molecule has 0 bridgehead atoms. The Morgan fingerprint density at radius 3 is 0.881 bits per heavy atom. The first-order valence-corrected chi connectivity index (χ1v) is 19.3. The standard InChI is InChI=1S/C39H78NO2/c1-5-7-9-11-13-15-17-19-21-23-25-27-29-31-33-35-38(41)37-40(3,4)39(42)36-34-32-30-28-26-24-22-20-18-16-14-12-10-8-6-2/h5-37H2,1-4H3/q+1. The third-order valence-corrected chi connectivity index (χ3v) is 9.30. The van der Waals surface area contributed by atoms with Crippen molar-refractivity contribution >= 4 is 11.7 Å². The molecule has 0 aliphatic rings. The van der Waals surface area contributed by atoms with Crippen molar-refractivity contribution in [1.82, 2.24) is 0 Å². The van der Waals surface area contributed by atoms with Gasteiger partial charge in [-0.3, -0.25) is 9.28 Å². The molecule has 3 nitrogen and oxygen atoms in total. The molecule has 0 spiro atoms. The molecule has 0 aliphatic carbocycles. The molecular weight excluding hydrogens is 514 g/mol. The van der Waals surface area contributed by atoms with E-state index in [1.54, 1.807) is 0 Å². The number of hydrogen-bond acceptors (Lipinski definition) is 2. The molecule has 1 amide bonds. The van der Waals surface area contributed by atoms with Crippen LogP contribution in [0.2, 0.25) is 0 Å². The third-order valence-electron chi connectivity index (χ3n) is 9.30. The van der Waals surface area contributed by atoms with Gasteiger partial charge in [-0.1, -0.05) is 194 Å². The minimum absolute atomic E-state index is 0.231. The third kappa shape index (κ3) is 29.4. The number of carbonyl (C=O) groups is 2. The number of rotatable bonds is 34. The molecule has 0 aromatic carbocycles. The Morgan fingerprint density at radius 1 is 0.357 bits per heavy atom. The lowest BCUT2D eigenvalue weighted by Crippen LogP contribution is -2.48. The molecule has 0 heterocycles. The topological polar surface area (TPSA) is 34.1 Å². The smallest absolute Gasteiger partial charge is 0.293 e. The first-order valence-electron chi connectivity index (χ1n) is 19.3. The Morgan fingerprint density at radius 2 is 0.595 bits per heavy atom. The average Bonchev–Trinajstić information content (AvgIpc) is 2.96. The second kappa shape index (κ2) is 31.7. The van der Waals surface area contributed by atoms with Crippen LogP contribution in [0.5, 0.6) is 0 Å². The quantitative estimate of drug-likeness (QED) is 0.0550. The predicted molar refractivity (Wildman–Crippen MR) is 186 cm³/mol. The zero-order valence-corrected chi connectivity index (χ0v) is 29.6. The highest BCUT2D eigenvalue weighted by atomic mass is 16.2. The van der Waals surface area contributed by atoms with Gasteiger partial charge in [-0.05, 0) is 12.8 Å². The van der Waals surface area contributed by atoms with Gasteiger partial charge >= 0.3 is 5.91 Å². The maximum absolute atomic E-state index is 12.8. The van der Waals surface area contributed by atoms with Gasteiger partial charge in [0.25, 0.3) is 0 Å². The fraction of sp³-hybridized carbons (Fsp3) is 0.949. The van der Waals surface area contributed by atoms with Gasteiger partial charge in [-0.2, -0.15) is 0 Å². The molecule has 250 valence electrons. The highest BCUT2D eigenvalue weighted by Gasteiger charge is 2.28. The molecule has 0 N–H and O–H groups in total. The number of unbranched alkanes of at least 4 members (excludes halogenated alkanes) is 28. The van der Waals surface area contributed by atoms with E-state index >= 15 is 0 Å². The van der Waals surface area contributed by atoms with Crippen LogP contribution in [0.15, 0.2) is 0 Å². The zero-order chi connectivity index (χ0) is 31.0. The van der Waals surface area contributed by atoms with Crippen molar-refractivity contribution in [2.24, 2.45) is 0 Å². The van der Waals surface area contributed by atoms with Gasteiger partial charge < -0.3 is 0 Å². The molecule has 0 atom stereocenters. The lowest BCUT2D eigenvalue weighted by atomic mass is 10.0. The Labute approximate surface area is 265 Å². The SMILES string of the molecule is CCCCCCCCCCCCCCCCCC(=O)C[N+](C)(C)C(=O)CCCCCCCCCCCCCCCCC. The summed E-state index contributed by atoms with van der Waals surface area (Å²) < 4.78 is 0.232. The Bertz CT molecular complexity index is 585. The molecule has 0 rings (SSSR count). The van der Waals surface area contributed by atoms with E-state index < -0.39 is 0 Å². The number of likely N-dealkylation sites (N-methyl/N-ethyl adjacent to an activating group) is 1. The summed E-state index contributed by atoms with van der Waals surface area (Å²) in [6, 6.07) is 0. The van der Waals surface area contributed by atoms with Gasteiger partial charge in [-0.15, -0.1) is 0 Å². The fourth-order valence-corrected chi connectivity index (χ4v) is 6.25. The van der Waals surface area contributed by atoms with E-state index in [4.69, 9.17) is 0 Å². The largest absolute Gasteiger partial charge is 0.313 e. The molecule has 0 aliphatic heterocycles. The number of ketones is 1. The summed E-state index contributed by atoms with van der Waals surface area (Å²) in [5.74, 6) is 0.495. The molecule has 0 saturated carbocycles. The highest BCUT2D eigenvalue weighted by molar-refractivity contribution is 5.81. The Hall–Kier alpha value is -0.700. The first kappa shape index (κ1) is 41.3. The monoisotopic (exact) mass is 593 g/mol. The van der Waals surface area contributed by atoms with Crippen molar-refractivity contribution in [3.8, 4) is 0 Å². The summed E-state index contributed by atoms with van der Waals surface area (Å²) in [7, 11) is 3.86. The van der Waals surface area contributed by atoms with Crippen LogP contribution in [0.1, 0.15) is 219 Å². The molecule has 0 fully saturated rings. The van der Waals surface area contributed by atoms with Gasteiger partial charge in [0, 0.05) is 6.42 Å². The summed E-state index contributed by atoms with van der Waals surface area (Å²) >= 11 is 0. The van der Waals surface area contributed by atoms with Crippen molar-refractivity contribution < 1.29 is 14.1 Å². The highest BCUT2D eigenvalue weighted by Crippen LogP contribution is 2.16. The van der Waals surface area contributed by atoms with E-state index in [-0.39, 0.29) is 16.2 Å². The summed E-state index contributed by atoms with van der Waals surface area (Å²) in [4.78, 5) is 25.3. The fourth-order valence-electron chi connectivity index (χ4n) is 6.25. The van der Waals surface area contributed by atoms with E-state index in [9.17, 15) is 9.59 Å². The molecule has 0 aromatic heterocycles. The van der Waals surface area contributed by atoms with E-state index in [1.807, 2.05) is 14.1 Å². The number of Topliss-reactive ketones (excluding diaryl/α,β-unsaturated/α-hetero) is 1. The lowest BCUT2D eigenvalue weighted by molar-refractivity contribution is -0.805. The molecule has 3 heteroatoms. The van der Waals surface area contributed by atoms with Crippen LogP contribution in [0, 0.1) is 0 Å². The van der Waals surface area contributed by atoms with Crippen LogP contribution in [-0.4, -0.2) is 36.8 Å². The van der Waals surface area contributed by atoms with Crippen molar-refractivity contribution in [3.63, 3.8) is 0 Å². The Kier molecular flexibility index (Phi) is 31.2. The molecule has 0 unspecified atom stereocenters. The number of nitrogens with zero attached hydrogens (tertiary/aromatic N) is 1. The van der Waals surface area contributed by atoms with Gasteiger partial charge in [0.1, 0.15) is 6.54 Å². The normalized spacial score (nSPS) is 11.8. The van der Waals surface area contributed by atoms with Crippen molar-refractivity contribution in [2.45, 2.75) is 219 Å². The number of hydrogen-bond donors (Lipinski definition) is 0. The second-order valence-electron chi connectivity index (χ2n) is 14.2. The summed E-state index contributed by atoms with van der Waals surface area (Å²) in [6.45, 7) is 4.94. The van der Waals surface area contributed by atoms with Crippen LogP contribution >= 0.6 is 0 Å². The van der Waals surface area contributed by atoms with Crippen LogP contribution in [0.25, 0.3) is 0 Å². The van der Waals surface area contributed by atoms with E-state index in [0.29, 0.717) is 19.4 Å². The van der Waals surface area contributed by atoms with Crippen molar-refractivity contribution in [2.75, 3.05) is 20.6 Å². The van der Waals surface area contributed by atoms with Crippen LogP contribution in [0.4, 0.5) is 0 Å². The maximum atomic E-state index is 12.8. The minimum atomic E-state index is 0.231. The summed E-state index contributed by atoms with van der Waals surface area (Å²) in [5, 5.41) is 0. The van der Waals surface area contributed by atoms with Gasteiger partial charge in [0.05, 0.1) is 20.5 Å². The van der Waals surface area contributed by atoms with E-state index in [0.717, 1.165) is 25.7 Å². The first-order chi connectivity index (χ1) is 20.4. The average molecular weight is 593 g/mol. The summed E-state index contributed by atoms with van der Waals surface area (Å²) in [6.07, 6.45) is 41.5. The molecule has 42 heavy (non-hydrogen) atoms. The zero-order valence-electron chi connectivity index (χ0n) is 29.6. The van der Waals surface area contributed by atoms with Crippen LogP contribution < -0.4 is 0 Å². The predicted octanol–water partition coefficient (Wildman–Crippen LogP) is 12.7. The molecule has 0 saturated heterocycles. The van der Waals surface area contributed by atoms with Crippen LogP contribution in [0.3, 0.4) is 0 Å². The van der Waals surface area contributed by atoms with Gasteiger partial charge in [0.15, 0.2) is 5.78 Å². The van der Waals surface area contributed by atoms with Gasteiger partial charge in [-0.25, -0.2) is 4.79 Å². The van der Waals surface area contributed by atoms with E-state index in [1.165, 1.54) is 167 Å². The van der Waals surface area contributed by atoms with Crippen molar-refractivity contribution in [3.05, 3.63) is 0 Å². The molecular formula is C39H78NO2+. The maximum Gasteiger partial charge on any atom is 0.313 e. The number of quaternary nitrogens is 1. The van der Waals surface area contributed by atoms with Crippen LogP contribution in [-0.2, 0) is 9.59 Å². The van der Waals surface area contributed by atoms with Gasteiger partial charge in [0.2, 0.25) is 0 Å². The molecule has 0 aromatic rings. The van der Waals surface area contributed by atoms with Crippen molar-refractivity contribution in [1.29, 1.82) is 0 Å². The lowest BCUT2D eigenvalue weighted by Gasteiger charge is -2.26. The van der Waals surface area contributed by atoms with E-state index in [2.05, 4.69) is 13.8 Å². The molecule has 0 radical (unpaired) electrons. The summed E-state index contributed by atoms with van der Waals surface area (Å²) in [5.41, 5.74) is 0.